The predicted octanol–water partition coefficient (Wildman–Crippen LogP) is 4.59. The molecule has 1 aromatic heterocycles. The van der Waals surface area contributed by atoms with E-state index in [2.05, 4.69) is 4.98 Å². The molecule has 140 valence electrons. The molecule has 7 heteroatoms. The Morgan fingerprint density at radius 3 is 2.00 bits per heavy atom. The molecular formula is C20H19NO5S. The van der Waals surface area contributed by atoms with Crippen molar-refractivity contribution in [1.29, 1.82) is 0 Å². The number of carboxylic acids is 1. The van der Waals surface area contributed by atoms with E-state index in [1.807, 2.05) is 48.5 Å². The number of hydrogen-bond acceptors (Lipinski definition) is 6. The lowest BCUT2D eigenvalue weighted by Gasteiger charge is -2.04. The summed E-state index contributed by atoms with van der Waals surface area (Å²) < 4.78 is 16.3. The van der Waals surface area contributed by atoms with Crippen molar-refractivity contribution < 1.29 is 23.8 Å². The molecule has 0 fully saturated rings. The van der Waals surface area contributed by atoms with Gasteiger partial charge in [-0.1, -0.05) is 11.8 Å². The van der Waals surface area contributed by atoms with E-state index in [-0.39, 0.29) is 0 Å². The Kier molecular flexibility index (Phi) is 5.71. The molecule has 1 atom stereocenters. The van der Waals surface area contributed by atoms with Crippen molar-refractivity contribution in [2.45, 2.75) is 17.4 Å². The SMILES string of the molecule is COc1ccc(-c2nc(SC(C)C(=O)O)oc2-c2ccc(OC)cc2)cc1. The number of carbonyl (C=O) groups is 1. The van der Waals surface area contributed by atoms with Crippen LogP contribution in [0, 0.1) is 0 Å². The maximum Gasteiger partial charge on any atom is 0.316 e. The largest absolute Gasteiger partial charge is 0.497 e. The molecule has 0 aliphatic heterocycles. The quantitative estimate of drug-likeness (QED) is 0.596. The zero-order valence-corrected chi connectivity index (χ0v) is 15.9. The first-order valence-corrected chi connectivity index (χ1v) is 9.09. The summed E-state index contributed by atoms with van der Waals surface area (Å²) in [5, 5.41) is 8.79. The van der Waals surface area contributed by atoms with Gasteiger partial charge in [-0.15, -0.1) is 0 Å². The monoisotopic (exact) mass is 385 g/mol. The highest BCUT2D eigenvalue weighted by Gasteiger charge is 2.21. The number of nitrogens with zero attached hydrogens (tertiary/aromatic N) is 1. The highest BCUT2D eigenvalue weighted by molar-refractivity contribution is 8.00. The fourth-order valence-corrected chi connectivity index (χ4v) is 3.11. The van der Waals surface area contributed by atoms with Crippen molar-refractivity contribution in [3.05, 3.63) is 48.5 Å². The molecule has 3 rings (SSSR count). The molecule has 0 aliphatic rings. The van der Waals surface area contributed by atoms with Crippen molar-refractivity contribution in [2.24, 2.45) is 0 Å². The molecule has 0 spiro atoms. The summed E-state index contributed by atoms with van der Waals surface area (Å²) in [7, 11) is 3.21. The molecule has 0 bridgehead atoms. The van der Waals surface area contributed by atoms with Gasteiger partial charge >= 0.3 is 5.97 Å². The van der Waals surface area contributed by atoms with Gasteiger partial charge in [0.1, 0.15) is 22.4 Å². The summed E-state index contributed by atoms with van der Waals surface area (Å²) in [6, 6.07) is 14.9. The van der Waals surface area contributed by atoms with Crippen LogP contribution >= 0.6 is 11.8 Å². The second kappa shape index (κ2) is 8.18. The standard InChI is InChI=1S/C20H19NO5S/c1-12(19(22)23)27-20-21-17(13-4-8-15(24-2)9-5-13)18(26-20)14-6-10-16(25-3)11-7-14/h4-12H,1-3H3,(H,22,23). The third kappa shape index (κ3) is 4.25. The molecule has 0 amide bonds. The average Bonchev–Trinajstić information content (AvgIpc) is 3.11. The molecule has 0 saturated heterocycles. The summed E-state index contributed by atoms with van der Waals surface area (Å²) in [6.07, 6.45) is 0. The van der Waals surface area contributed by atoms with E-state index in [0.717, 1.165) is 34.4 Å². The third-order valence-electron chi connectivity index (χ3n) is 3.95. The number of carboxylic acid groups (broad SMARTS) is 1. The number of oxazole rings is 1. The van der Waals surface area contributed by atoms with Crippen LogP contribution in [0.1, 0.15) is 6.92 Å². The van der Waals surface area contributed by atoms with Gasteiger partial charge < -0.3 is 19.0 Å². The Labute approximate surface area is 161 Å². The summed E-state index contributed by atoms with van der Waals surface area (Å²) in [6.45, 7) is 1.59. The normalized spacial score (nSPS) is 11.8. The molecule has 0 aliphatic carbocycles. The van der Waals surface area contributed by atoms with Crippen LogP contribution in [0.25, 0.3) is 22.6 Å². The van der Waals surface area contributed by atoms with Crippen LogP contribution in [0.15, 0.2) is 58.2 Å². The lowest BCUT2D eigenvalue weighted by molar-refractivity contribution is -0.136. The number of benzene rings is 2. The molecule has 0 radical (unpaired) electrons. The maximum absolute atomic E-state index is 11.2. The first-order chi connectivity index (χ1) is 13.0. The second-order valence-electron chi connectivity index (χ2n) is 5.71. The molecule has 27 heavy (non-hydrogen) atoms. The fourth-order valence-electron chi connectivity index (χ4n) is 2.44. The van der Waals surface area contributed by atoms with Gasteiger partial charge in [-0.25, -0.2) is 4.98 Å². The number of aliphatic carboxylic acids is 1. The van der Waals surface area contributed by atoms with Crippen LogP contribution in [0.3, 0.4) is 0 Å². The van der Waals surface area contributed by atoms with Gasteiger partial charge in [-0.3, -0.25) is 4.79 Å². The van der Waals surface area contributed by atoms with Crippen LogP contribution < -0.4 is 9.47 Å². The molecule has 3 aromatic rings. The van der Waals surface area contributed by atoms with E-state index in [4.69, 9.17) is 19.0 Å². The smallest absolute Gasteiger partial charge is 0.316 e. The van der Waals surface area contributed by atoms with Crippen molar-refractivity contribution >= 4 is 17.7 Å². The number of rotatable bonds is 7. The number of methoxy groups -OCH3 is 2. The minimum absolute atomic E-state index is 0.307. The Morgan fingerprint density at radius 2 is 1.52 bits per heavy atom. The molecule has 6 nitrogen and oxygen atoms in total. The van der Waals surface area contributed by atoms with Gasteiger partial charge in [-0.2, -0.15) is 0 Å². The van der Waals surface area contributed by atoms with Crippen LogP contribution in [0.5, 0.6) is 11.5 Å². The second-order valence-corrected chi connectivity index (χ2v) is 7.00. The van der Waals surface area contributed by atoms with Crippen LogP contribution in [0.4, 0.5) is 0 Å². The Balaban J connectivity index is 2.04. The van der Waals surface area contributed by atoms with Crippen molar-refractivity contribution in [1.82, 2.24) is 4.98 Å². The van der Waals surface area contributed by atoms with Gasteiger partial charge in [0.05, 0.1) is 14.2 Å². The van der Waals surface area contributed by atoms with E-state index < -0.39 is 11.2 Å². The van der Waals surface area contributed by atoms with Crippen molar-refractivity contribution in [3.63, 3.8) is 0 Å². The highest BCUT2D eigenvalue weighted by Crippen LogP contribution is 2.37. The van der Waals surface area contributed by atoms with E-state index >= 15 is 0 Å². The van der Waals surface area contributed by atoms with E-state index in [0.29, 0.717) is 16.7 Å². The number of hydrogen-bond donors (Lipinski definition) is 1. The maximum atomic E-state index is 11.2. The Morgan fingerprint density at radius 1 is 1.00 bits per heavy atom. The highest BCUT2D eigenvalue weighted by atomic mass is 32.2. The van der Waals surface area contributed by atoms with Gasteiger partial charge in [0.25, 0.3) is 5.22 Å². The number of ether oxygens (including phenoxy) is 2. The van der Waals surface area contributed by atoms with Crippen LogP contribution in [0.2, 0.25) is 0 Å². The van der Waals surface area contributed by atoms with Crippen LogP contribution in [-0.4, -0.2) is 35.5 Å². The fraction of sp³-hybridized carbons (Fsp3) is 0.200. The molecular weight excluding hydrogens is 366 g/mol. The van der Waals surface area contributed by atoms with E-state index in [9.17, 15) is 4.79 Å². The Bertz CT molecular complexity index is 854. The molecule has 1 N–H and O–H groups in total. The lowest BCUT2D eigenvalue weighted by Crippen LogP contribution is -2.10. The van der Waals surface area contributed by atoms with Crippen LogP contribution in [-0.2, 0) is 4.79 Å². The summed E-state index contributed by atoms with van der Waals surface area (Å²) in [5.74, 6) is 1.12. The van der Waals surface area contributed by atoms with E-state index in [1.54, 1.807) is 21.1 Å². The third-order valence-corrected chi connectivity index (χ3v) is 4.88. The zero-order valence-electron chi connectivity index (χ0n) is 15.1. The zero-order chi connectivity index (χ0) is 19.4. The lowest BCUT2D eigenvalue weighted by atomic mass is 10.1. The Hall–Kier alpha value is -2.93. The number of thioether (sulfide) groups is 1. The van der Waals surface area contributed by atoms with Gasteiger partial charge in [0.2, 0.25) is 0 Å². The average molecular weight is 385 g/mol. The topological polar surface area (TPSA) is 81.8 Å². The predicted molar refractivity (Wildman–Crippen MR) is 103 cm³/mol. The van der Waals surface area contributed by atoms with Crippen molar-refractivity contribution in [3.8, 4) is 34.1 Å². The molecule has 2 aromatic carbocycles. The minimum Gasteiger partial charge on any atom is -0.497 e. The molecule has 1 heterocycles. The van der Waals surface area contributed by atoms with E-state index in [1.165, 1.54) is 0 Å². The van der Waals surface area contributed by atoms with Gasteiger partial charge in [0.15, 0.2) is 5.76 Å². The van der Waals surface area contributed by atoms with Gasteiger partial charge in [-0.05, 0) is 55.5 Å². The summed E-state index contributed by atoms with van der Waals surface area (Å²) in [5.41, 5.74) is 2.31. The van der Waals surface area contributed by atoms with Gasteiger partial charge in [0, 0.05) is 11.1 Å². The van der Waals surface area contributed by atoms with Crippen molar-refractivity contribution in [2.75, 3.05) is 14.2 Å². The summed E-state index contributed by atoms with van der Waals surface area (Å²) >= 11 is 1.06. The number of aromatic nitrogens is 1. The summed E-state index contributed by atoms with van der Waals surface area (Å²) in [4.78, 5) is 15.7. The first-order valence-electron chi connectivity index (χ1n) is 8.21. The first kappa shape index (κ1) is 18.8. The minimum atomic E-state index is -0.921. The molecule has 0 saturated carbocycles. The molecule has 1 unspecified atom stereocenters.